The summed E-state index contributed by atoms with van der Waals surface area (Å²) in [6.07, 6.45) is 3.72. The topological polar surface area (TPSA) is 73.0 Å². The molecule has 6 nitrogen and oxygen atoms in total. The molecule has 6 heteroatoms. The number of nitrogens with zero attached hydrogens (tertiary/aromatic N) is 3. The van der Waals surface area contributed by atoms with E-state index in [-0.39, 0.29) is 10.6 Å². The third-order valence-corrected chi connectivity index (χ3v) is 3.71. The van der Waals surface area contributed by atoms with Crippen LogP contribution in [0.2, 0.25) is 0 Å². The highest BCUT2D eigenvalue weighted by molar-refractivity contribution is 5.62. The van der Waals surface area contributed by atoms with Crippen molar-refractivity contribution in [2.75, 3.05) is 5.32 Å². The maximum atomic E-state index is 11.1. The largest absolute Gasteiger partial charge is 0.375 e. The van der Waals surface area contributed by atoms with E-state index in [0.717, 1.165) is 11.1 Å². The second kappa shape index (κ2) is 6.95. The number of rotatable bonds is 6. The molecule has 1 N–H and O–H groups in total. The Kier molecular flexibility index (Phi) is 4.56. The van der Waals surface area contributed by atoms with Crippen LogP contribution in [-0.4, -0.2) is 14.7 Å². The predicted octanol–water partition coefficient (Wildman–Crippen LogP) is 3.76. The number of hydrogen-bond acceptors (Lipinski definition) is 4. The first kappa shape index (κ1) is 15.7. The molecule has 0 amide bonds. The average Bonchev–Trinajstić information content (AvgIpc) is 3.01. The molecule has 0 bridgehead atoms. The van der Waals surface area contributed by atoms with Crippen molar-refractivity contribution < 1.29 is 4.92 Å². The molecule has 0 radical (unpaired) electrons. The Hall–Kier alpha value is -3.15. The zero-order valence-corrected chi connectivity index (χ0v) is 13.3. The first-order valence-corrected chi connectivity index (χ1v) is 7.66. The van der Waals surface area contributed by atoms with Crippen LogP contribution in [0.15, 0.2) is 60.9 Å². The Morgan fingerprint density at radius 3 is 2.71 bits per heavy atom. The van der Waals surface area contributed by atoms with Crippen LogP contribution < -0.4 is 5.32 Å². The van der Waals surface area contributed by atoms with Crippen LogP contribution in [0, 0.1) is 17.0 Å². The second-order valence-electron chi connectivity index (χ2n) is 5.66. The Bertz CT molecular complexity index is 843. The summed E-state index contributed by atoms with van der Waals surface area (Å²) in [5.41, 5.74) is 3.73. The fourth-order valence-electron chi connectivity index (χ4n) is 2.50. The molecule has 0 atom stereocenters. The van der Waals surface area contributed by atoms with Crippen molar-refractivity contribution >= 4 is 11.4 Å². The zero-order chi connectivity index (χ0) is 16.9. The Morgan fingerprint density at radius 1 is 1.17 bits per heavy atom. The Morgan fingerprint density at radius 2 is 1.96 bits per heavy atom. The standard InChI is InChI=1S/C18H18N4O2/c1-14-7-8-18(22(23)24)17(9-14)19-10-16-11-20-21(13-16)12-15-5-3-2-4-6-15/h2-9,11,13,19H,10,12H2,1H3. The Balaban J connectivity index is 1.68. The number of hydrogen-bond donors (Lipinski definition) is 1. The number of nitro benzene ring substituents is 1. The molecule has 1 aromatic heterocycles. The molecule has 0 saturated carbocycles. The van der Waals surface area contributed by atoms with Gasteiger partial charge in [-0.05, 0) is 24.1 Å². The minimum absolute atomic E-state index is 0.0808. The van der Waals surface area contributed by atoms with Gasteiger partial charge in [0.25, 0.3) is 5.69 Å². The minimum atomic E-state index is -0.374. The van der Waals surface area contributed by atoms with Gasteiger partial charge in [0.1, 0.15) is 5.69 Å². The minimum Gasteiger partial charge on any atom is -0.375 e. The molecule has 24 heavy (non-hydrogen) atoms. The van der Waals surface area contributed by atoms with E-state index in [2.05, 4.69) is 22.5 Å². The van der Waals surface area contributed by atoms with Crippen LogP contribution in [0.3, 0.4) is 0 Å². The van der Waals surface area contributed by atoms with Gasteiger partial charge >= 0.3 is 0 Å². The van der Waals surface area contributed by atoms with Crippen molar-refractivity contribution in [3.63, 3.8) is 0 Å². The Labute approximate surface area is 139 Å². The highest BCUT2D eigenvalue weighted by Gasteiger charge is 2.13. The van der Waals surface area contributed by atoms with Crippen LogP contribution >= 0.6 is 0 Å². The molecule has 3 aromatic rings. The number of aromatic nitrogens is 2. The predicted molar refractivity (Wildman–Crippen MR) is 92.9 cm³/mol. The molecule has 2 aromatic carbocycles. The van der Waals surface area contributed by atoms with E-state index in [0.29, 0.717) is 18.8 Å². The summed E-state index contributed by atoms with van der Waals surface area (Å²) in [5, 5.41) is 18.6. The zero-order valence-electron chi connectivity index (χ0n) is 13.3. The summed E-state index contributed by atoms with van der Waals surface area (Å²) in [6, 6.07) is 15.1. The van der Waals surface area contributed by atoms with Gasteiger partial charge in [-0.15, -0.1) is 0 Å². The number of nitro groups is 1. The van der Waals surface area contributed by atoms with E-state index in [1.54, 1.807) is 18.3 Å². The molecule has 3 rings (SSSR count). The van der Waals surface area contributed by atoms with Crippen molar-refractivity contribution in [1.29, 1.82) is 0 Å². The lowest BCUT2D eigenvalue weighted by Gasteiger charge is -2.06. The molecule has 0 aliphatic carbocycles. The van der Waals surface area contributed by atoms with E-state index >= 15 is 0 Å². The van der Waals surface area contributed by atoms with Crippen LogP contribution in [-0.2, 0) is 13.1 Å². The van der Waals surface area contributed by atoms with Gasteiger partial charge in [0.15, 0.2) is 0 Å². The van der Waals surface area contributed by atoms with Gasteiger partial charge in [0.2, 0.25) is 0 Å². The quantitative estimate of drug-likeness (QED) is 0.554. The van der Waals surface area contributed by atoms with Gasteiger partial charge in [0.05, 0.1) is 17.7 Å². The maximum absolute atomic E-state index is 11.1. The molecule has 122 valence electrons. The van der Waals surface area contributed by atoms with Crippen molar-refractivity contribution in [3.05, 3.63) is 87.7 Å². The smallest absolute Gasteiger partial charge is 0.292 e. The first-order chi connectivity index (χ1) is 11.6. The summed E-state index contributed by atoms with van der Waals surface area (Å²) in [4.78, 5) is 10.7. The summed E-state index contributed by atoms with van der Waals surface area (Å²) in [6.45, 7) is 3.09. The molecular weight excluding hydrogens is 304 g/mol. The van der Waals surface area contributed by atoms with Gasteiger partial charge in [-0.1, -0.05) is 36.4 Å². The van der Waals surface area contributed by atoms with Crippen LogP contribution in [0.4, 0.5) is 11.4 Å². The SMILES string of the molecule is Cc1ccc([N+](=O)[O-])c(NCc2cnn(Cc3ccccc3)c2)c1. The number of aryl methyl sites for hydroxylation is 1. The lowest BCUT2D eigenvalue weighted by atomic mass is 10.2. The van der Waals surface area contributed by atoms with Gasteiger partial charge in [-0.2, -0.15) is 5.10 Å². The van der Waals surface area contributed by atoms with Gasteiger partial charge < -0.3 is 5.32 Å². The van der Waals surface area contributed by atoms with Gasteiger partial charge in [0, 0.05) is 24.4 Å². The molecule has 0 saturated heterocycles. The normalized spacial score (nSPS) is 10.5. The first-order valence-electron chi connectivity index (χ1n) is 7.66. The molecule has 1 heterocycles. The summed E-state index contributed by atoms with van der Waals surface area (Å²) >= 11 is 0. The fourth-order valence-corrected chi connectivity index (χ4v) is 2.50. The fraction of sp³-hybridized carbons (Fsp3) is 0.167. The van der Waals surface area contributed by atoms with E-state index in [1.807, 2.05) is 36.0 Å². The highest BCUT2D eigenvalue weighted by atomic mass is 16.6. The van der Waals surface area contributed by atoms with Crippen molar-refractivity contribution in [3.8, 4) is 0 Å². The summed E-state index contributed by atoms with van der Waals surface area (Å²) < 4.78 is 1.86. The van der Waals surface area contributed by atoms with Crippen LogP contribution in [0.25, 0.3) is 0 Å². The van der Waals surface area contributed by atoms with E-state index in [9.17, 15) is 10.1 Å². The highest BCUT2D eigenvalue weighted by Crippen LogP contribution is 2.25. The van der Waals surface area contributed by atoms with Crippen molar-refractivity contribution in [1.82, 2.24) is 9.78 Å². The van der Waals surface area contributed by atoms with Crippen molar-refractivity contribution in [2.24, 2.45) is 0 Å². The number of nitrogens with one attached hydrogen (secondary N) is 1. The molecule has 0 fully saturated rings. The second-order valence-corrected chi connectivity index (χ2v) is 5.66. The van der Waals surface area contributed by atoms with E-state index < -0.39 is 0 Å². The molecule has 0 aliphatic rings. The summed E-state index contributed by atoms with van der Waals surface area (Å²) in [5.74, 6) is 0. The van der Waals surface area contributed by atoms with E-state index in [1.165, 1.54) is 11.6 Å². The van der Waals surface area contributed by atoms with Gasteiger partial charge in [-0.25, -0.2) is 0 Å². The van der Waals surface area contributed by atoms with Crippen LogP contribution in [0.5, 0.6) is 0 Å². The van der Waals surface area contributed by atoms with Gasteiger partial charge in [-0.3, -0.25) is 14.8 Å². The number of benzene rings is 2. The lowest BCUT2D eigenvalue weighted by Crippen LogP contribution is -2.03. The molecular formula is C18H18N4O2. The maximum Gasteiger partial charge on any atom is 0.292 e. The molecule has 0 unspecified atom stereocenters. The lowest BCUT2D eigenvalue weighted by molar-refractivity contribution is -0.384. The third-order valence-electron chi connectivity index (χ3n) is 3.71. The average molecular weight is 322 g/mol. The summed E-state index contributed by atoms with van der Waals surface area (Å²) in [7, 11) is 0. The molecule has 0 spiro atoms. The molecule has 0 aliphatic heterocycles. The monoisotopic (exact) mass is 322 g/mol. The number of anilines is 1. The van der Waals surface area contributed by atoms with E-state index in [4.69, 9.17) is 0 Å². The van der Waals surface area contributed by atoms with Crippen molar-refractivity contribution in [2.45, 2.75) is 20.0 Å². The third kappa shape index (κ3) is 3.78. The van der Waals surface area contributed by atoms with Crippen LogP contribution in [0.1, 0.15) is 16.7 Å².